The van der Waals surface area contributed by atoms with Gasteiger partial charge in [-0.2, -0.15) is 4.31 Å². The van der Waals surface area contributed by atoms with E-state index in [2.05, 4.69) is 22.0 Å². The normalized spacial score (nSPS) is 17.8. The van der Waals surface area contributed by atoms with Crippen LogP contribution in [0.2, 0.25) is 0 Å². The molecule has 0 bridgehead atoms. The van der Waals surface area contributed by atoms with Crippen molar-refractivity contribution in [2.24, 2.45) is 5.73 Å². The highest BCUT2D eigenvalue weighted by Gasteiger charge is 2.29. The van der Waals surface area contributed by atoms with Crippen molar-refractivity contribution in [2.75, 3.05) is 13.1 Å². The van der Waals surface area contributed by atoms with E-state index in [1.807, 2.05) is 6.92 Å². The molecule has 100 valence electrons. The first-order valence-corrected chi connectivity index (χ1v) is 8.64. The summed E-state index contributed by atoms with van der Waals surface area (Å²) in [5.74, 6) is 0. The largest absolute Gasteiger partial charge is 0.326 e. The molecule has 4 nitrogen and oxygen atoms in total. The number of thiophene rings is 1. The lowest BCUT2D eigenvalue weighted by atomic mass is 10.2. The van der Waals surface area contributed by atoms with Gasteiger partial charge in [0.05, 0.1) is 3.79 Å². The Balaban J connectivity index is 2.36. The molecule has 1 aliphatic rings. The van der Waals surface area contributed by atoms with Crippen molar-refractivity contribution >= 4 is 37.3 Å². The van der Waals surface area contributed by atoms with Crippen molar-refractivity contribution in [3.63, 3.8) is 0 Å². The summed E-state index contributed by atoms with van der Waals surface area (Å²) in [6.45, 7) is 3.33. The van der Waals surface area contributed by atoms with E-state index in [1.54, 1.807) is 6.07 Å². The highest BCUT2D eigenvalue weighted by atomic mass is 79.9. The molecule has 1 aromatic rings. The van der Waals surface area contributed by atoms with Gasteiger partial charge in [0.25, 0.3) is 0 Å². The predicted octanol–water partition coefficient (Wildman–Crippen LogP) is 2.31. The molecule has 2 N–H and O–H groups in total. The minimum Gasteiger partial charge on any atom is -0.326 e. The maximum atomic E-state index is 12.5. The van der Waals surface area contributed by atoms with Crippen LogP contribution in [0.4, 0.5) is 0 Å². The zero-order chi connectivity index (χ0) is 13.3. The number of nitrogens with two attached hydrogens (primary N) is 1. The first-order chi connectivity index (χ1) is 8.45. The van der Waals surface area contributed by atoms with Crippen LogP contribution in [-0.2, 0) is 16.6 Å². The fraction of sp³-hybridized carbons (Fsp3) is 0.455. The van der Waals surface area contributed by atoms with E-state index in [1.165, 1.54) is 15.6 Å². The van der Waals surface area contributed by atoms with Gasteiger partial charge in [-0.25, -0.2) is 8.42 Å². The number of nitrogens with zero attached hydrogens (tertiary/aromatic N) is 1. The van der Waals surface area contributed by atoms with Gasteiger partial charge >= 0.3 is 0 Å². The summed E-state index contributed by atoms with van der Waals surface area (Å²) < 4.78 is 27.2. The average Bonchev–Trinajstić information content (AvgIpc) is 2.71. The number of sulfonamides is 1. The number of hydrogen-bond acceptors (Lipinski definition) is 4. The lowest BCUT2D eigenvalue weighted by molar-refractivity contribution is 0.428. The van der Waals surface area contributed by atoms with Gasteiger partial charge in [-0.15, -0.1) is 11.3 Å². The van der Waals surface area contributed by atoms with Crippen LogP contribution >= 0.6 is 27.3 Å². The van der Waals surface area contributed by atoms with Crippen LogP contribution < -0.4 is 5.73 Å². The van der Waals surface area contributed by atoms with Gasteiger partial charge < -0.3 is 5.73 Å². The van der Waals surface area contributed by atoms with Crippen LogP contribution in [0.15, 0.2) is 26.4 Å². The molecule has 0 aliphatic carbocycles. The quantitative estimate of drug-likeness (QED) is 0.850. The first kappa shape index (κ1) is 14.2. The van der Waals surface area contributed by atoms with Gasteiger partial charge in [-0.3, -0.25) is 0 Å². The SMILES string of the molecule is CC1=CCCN(S(=O)(=O)c2cc(CN)sc2Br)C1. The van der Waals surface area contributed by atoms with E-state index in [4.69, 9.17) is 5.73 Å². The highest BCUT2D eigenvalue weighted by Crippen LogP contribution is 2.34. The van der Waals surface area contributed by atoms with E-state index in [0.717, 1.165) is 16.9 Å². The van der Waals surface area contributed by atoms with Crippen molar-refractivity contribution in [2.45, 2.75) is 24.8 Å². The number of rotatable bonds is 3. The molecule has 0 spiro atoms. The lowest BCUT2D eigenvalue weighted by Gasteiger charge is -2.25. The molecule has 0 unspecified atom stereocenters. The molecule has 0 fully saturated rings. The Morgan fingerprint density at radius 1 is 1.56 bits per heavy atom. The van der Waals surface area contributed by atoms with E-state index >= 15 is 0 Å². The molecule has 2 heterocycles. The molecular formula is C11H15BrN2O2S2. The summed E-state index contributed by atoms with van der Waals surface area (Å²) in [4.78, 5) is 1.20. The Morgan fingerprint density at radius 2 is 2.28 bits per heavy atom. The van der Waals surface area contributed by atoms with Crippen molar-refractivity contribution in [1.29, 1.82) is 0 Å². The van der Waals surface area contributed by atoms with Gasteiger partial charge in [0.2, 0.25) is 10.0 Å². The maximum Gasteiger partial charge on any atom is 0.245 e. The zero-order valence-corrected chi connectivity index (χ0v) is 13.2. The Bertz CT molecular complexity index is 578. The van der Waals surface area contributed by atoms with E-state index in [0.29, 0.717) is 28.3 Å². The summed E-state index contributed by atoms with van der Waals surface area (Å²) in [5, 5.41) is 0. The summed E-state index contributed by atoms with van der Waals surface area (Å²) >= 11 is 4.70. The molecule has 1 aliphatic heterocycles. The molecule has 0 saturated heterocycles. The molecule has 18 heavy (non-hydrogen) atoms. The molecular weight excluding hydrogens is 336 g/mol. The Kier molecular flexibility index (Phi) is 4.28. The van der Waals surface area contributed by atoms with Crippen LogP contribution in [-0.4, -0.2) is 25.8 Å². The van der Waals surface area contributed by atoms with Gasteiger partial charge in [0, 0.05) is 24.5 Å². The summed E-state index contributed by atoms with van der Waals surface area (Å²) in [6.07, 6.45) is 2.86. The molecule has 0 aromatic carbocycles. The van der Waals surface area contributed by atoms with Crippen molar-refractivity contribution in [3.8, 4) is 0 Å². The Labute approximate surface area is 120 Å². The monoisotopic (exact) mass is 350 g/mol. The fourth-order valence-electron chi connectivity index (χ4n) is 1.90. The third-order valence-corrected chi connectivity index (χ3v) is 6.94. The Hall–Kier alpha value is -0.210. The van der Waals surface area contributed by atoms with Gasteiger partial charge in [-0.1, -0.05) is 11.6 Å². The zero-order valence-electron chi connectivity index (χ0n) is 10.0. The predicted molar refractivity (Wildman–Crippen MR) is 77.0 cm³/mol. The summed E-state index contributed by atoms with van der Waals surface area (Å²) in [7, 11) is -3.41. The third kappa shape index (κ3) is 2.70. The third-order valence-electron chi connectivity index (χ3n) is 2.82. The van der Waals surface area contributed by atoms with Crippen LogP contribution in [0.25, 0.3) is 0 Å². The Morgan fingerprint density at radius 3 is 2.83 bits per heavy atom. The fourth-order valence-corrected chi connectivity index (χ4v) is 5.90. The molecule has 0 radical (unpaired) electrons. The smallest absolute Gasteiger partial charge is 0.245 e. The second-order valence-corrected chi connectivity index (χ2v) is 8.59. The molecule has 2 rings (SSSR count). The van der Waals surface area contributed by atoms with Crippen molar-refractivity contribution in [3.05, 3.63) is 26.4 Å². The maximum absolute atomic E-state index is 12.5. The molecule has 1 aromatic heterocycles. The van der Waals surface area contributed by atoms with Crippen LogP contribution in [0, 0.1) is 0 Å². The average molecular weight is 351 g/mol. The van der Waals surface area contributed by atoms with Gasteiger partial charge in [0.1, 0.15) is 4.90 Å². The van der Waals surface area contributed by atoms with Crippen molar-refractivity contribution < 1.29 is 8.42 Å². The molecule has 0 saturated carbocycles. The molecule has 0 atom stereocenters. The van der Waals surface area contributed by atoms with Crippen LogP contribution in [0.1, 0.15) is 18.2 Å². The molecule has 7 heteroatoms. The second-order valence-electron chi connectivity index (χ2n) is 4.23. The second kappa shape index (κ2) is 5.42. The first-order valence-electron chi connectivity index (χ1n) is 5.59. The van der Waals surface area contributed by atoms with Crippen LogP contribution in [0.5, 0.6) is 0 Å². The van der Waals surface area contributed by atoms with E-state index in [9.17, 15) is 8.42 Å². The van der Waals surface area contributed by atoms with Gasteiger partial charge in [0.15, 0.2) is 0 Å². The highest BCUT2D eigenvalue weighted by molar-refractivity contribution is 9.11. The minimum absolute atomic E-state index is 0.336. The van der Waals surface area contributed by atoms with Crippen molar-refractivity contribution in [1.82, 2.24) is 4.31 Å². The summed E-state index contributed by atoms with van der Waals surface area (Å²) in [6, 6.07) is 1.66. The number of halogens is 1. The standard InChI is InChI=1S/C11H15BrN2O2S2/c1-8-3-2-4-14(7-8)18(15,16)10-5-9(6-13)17-11(10)12/h3,5H,2,4,6-7,13H2,1H3. The van der Waals surface area contributed by atoms with Gasteiger partial charge in [-0.05, 0) is 35.3 Å². The molecule has 0 amide bonds. The topological polar surface area (TPSA) is 63.4 Å². The van der Waals surface area contributed by atoms with Crippen LogP contribution in [0.3, 0.4) is 0 Å². The van der Waals surface area contributed by atoms with E-state index in [-0.39, 0.29) is 0 Å². The van der Waals surface area contributed by atoms with E-state index < -0.39 is 10.0 Å². The lowest BCUT2D eigenvalue weighted by Crippen LogP contribution is -2.35. The summed E-state index contributed by atoms with van der Waals surface area (Å²) in [5.41, 5.74) is 6.64. The number of hydrogen-bond donors (Lipinski definition) is 1. The minimum atomic E-state index is -3.41.